The Morgan fingerprint density at radius 3 is 2.35 bits per heavy atom. The van der Waals surface area contributed by atoms with Crippen LogP contribution in [0.3, 0.4) is 0 Å². The summed E-state index contributed by atoms with van der Waals surface area (Å²) in [6.07, 6.45) is 0. The number of esters is 1. The molecule has 1 amide bonds. The quantitative estimate of drug-likeness (QED) is 0.864. The zero-order chi connectivity index (χ0) is 17.0. The molecule has 0 saturated carbocycles. The lowest BCUT2D eigenvalue weighted by molar-refractivity contribution is -0.119. The van der Waals surface area contributed by atoms with E-state index in [-0.39, 0.29) is 10.7 Å². The number of hydrogen-bond acceptors (Lipinski definition) is 3. The van der Waals surface area contributed by atoms with Crippen molar-refractivity contribution in [2.45, 2.75) is 0 Å². The molecule has 2 aromatic rings. The fourth-order valence-electron chi connectivity index (χ4n) is 1.64. The van der Waals surface area contributed by atoms with Gasteiger partial charge in [0, 0.05) is 6.07 Å². The maximum Gasteiger partial charge on any atom is 0.341 e. The lowest BCUT2D eigenvalue weighted by Crippen LogP contribution is -2.21. The van der Waals surface area contributed by atoms with Crippen LogP contribution in [0.1, 0.15) is 10.4 Å². The van der Waals surface area contributed by atoms with E-state index in [9.17, 15) is 22.8 Å². The maximum atomic E-state index is 13.4. The van der Waals surface area contributed by atoms with Crippen LogP contribution in [-0.2, 0) is 9.53 Å². The van der Waals surface area contributed by atoms with Gasteiger partial charge in [0.25, 0.3) is 5.91 Å². The van der Waals surface area contributed by atoms with Crippen LogP contribution in [0.2, 0.25) is 5.02 Å². The fourth-order valence-corrected chi connectivity index (χ4v) is 1.86. The predicted octanol–water partition coefficient (Wildman–Crippen LogP) is 3.55. The number of hydrogen-bond donors (Lipinski definition) is 1. The lowest BCUT2D eigenvalue weighted by atomic mass is 10.2. The van der Waals surface area contributed by atoms with Crippen LogP contribution in [0.5, 0.6) is 0 Å². The molecule has 23 heavy (non-hydrogen) atoms. The van der Waals surface area contributed by atoms with E-state index in [2.05, 4.69) is 10.1 Å². The molecule has 0 aliphatic carbocycles. The van der Waals surface area contributed by atoms with Gasteiger partial charge in [-0.1, -0.05) is 11.6 Å². The Bertz CT molecular complexity index is 768. The Labute approximate surface area is 133 Å². The average molecular weight is 344 g/mol. The number of carbonyl (C=O) groups excluding carboxylic acids is 2. The van der Waals surface area contributed by atoms with Gasteiger partial charge >= 0.3 is 5.97 Å². The zero-order valence-corrected chi connectivity index (χ0v) is 12.2. The summed E-state index contributed by atoms with van der Waals surface area (Å²) in [4.78, 5) is 23.2. The SMILES string of the molecule is O=C(COC(=O)c1ccc(F)cc1F)Nc1ccc(F)cc1Cl. The summed E-state index contributed by atoms with van der Waals surface area (Å²) in [5.41, 5.74) is -0.374. The smallest absolute Gasteiger partial charge is 0.341 e. The van der Waals surface area contributed by atoms with Gasteiger partial charge in [0.1, 0.15) is 17.5 Å². The van der Waals surface area contributed by atoms with Crippen molar-refractivity contribution < 1.29 is 27.5 Å². The summed E-state index contributed by atoms with van der Waals surface area (Å²) in [7, 11) is 0. The summed E-state index contributed by atoms with van der Waals surface area (Å²) in [6.45, 7) is -0.719. The van der Waals surface area contributed by atoms with Crippen molar-refractivity contribution in [3.63, 3.8) is 0 Å². The van der Waals surface area contributed by atoms with Crippen molar-refractivity contribution in [2.24, 2.45) is 0 Å². The molecule has 4 nitrogen and oxygen atoms in total. The molecule has 0 fully saturated rings. The van der Waals surface area contributed by atoms with Crippen LogP contribution in [0.15, 0.2) is 36.4 Å². The van der Waals surface area contributed by atoms with Crippen LogP contribution in [0.25, 0.3) is 0 Å². The van der Waals surface area contributed by atoms with Crippen molar-refractivity contribution in [3.05, 3.63) is 64.4 Å². The molecule has 0 aliphatic rings. The van der Waals surface area contributed by atoms with Crippen LogP contribution in [0, 0.1) is 17.5 Å². The minimum absolute atomic E-state index is 0.0331. The molecule has 120 valence electrons. The predicted molar refractivity (Wildman–Crippen MR) is 76.7 cm³/mol. The summed E-state index contributed by atoms with van der Waals surface area (Å²) in [6, 6.07) is 5.63. The molecule has 0 aromatic heterocycles. The van der Waals surface area contributed by atoms with E-state index in [0.29, 0.717) is 6.07 Å². The molecule has 0 unspecified atom stereocenters. The Morgan fingerprint density at radius 1 is 1.04 bits per heavy atom. The number of nitrogens with one attached hydrogen (secondary N) is 1. The number of benzene rings is 2. The molecular weight excluding hydrogens is 335 g/mol. The van der Waals surface area contributed by atoms with Crippen LogP contribution in [0.4, 0.5) is 18.9 Å². The Morgan fingerprint density at radius 2 is 1.70 bits per heavy atom. The minimum atomic E-state index is -1.12. The van der Waals surface area contributed by atoms with Crippen LogP contribution in [-0.4, -0.2) is 18.5 Å². The molecular formula is C15H9ClF3NO3. The number of ether oxygens (including phenoxy) is 1. The minimum Gasteiger partial charge on any atom is -0.452 e. The number of rotatable bonds is 4. The van der Waals surface area contributed by atoms with Gasteiger partial charge in [-0.05, 0) is 30.3 Å². The van der Waals surface area contributed by atoms with E-state index in [4.69, 9.17) is 11.6 Å². The summed E-state index contributed by atoms with van der Waals surface area (Å²) in [5, 5.41) is 2.27. The van der Waals surface area contributed by atoms with Crippen molar-refractivity contribution in [2.75, 3.05) is 11.9 Å². The van der Waals surface area contributed by atoms with E-state index in [1.807, 2.05) is 0 Å². The highest BCUT2D eigenvalue weighted by Crippen LogP contribution is 2.22. The summed E-state index contributed by atoms with van der Waals surface area (Å²) in [5.74, 6) is -4.40. The normalized spacial score (nSPS) is 10.3. The lowest BCUT2D eigenvalue weighted by Gasteiger charge is -2.08. The van der Waals surface area contributed by atoms with Crippen molar-refractivity contribution >= 4 is 29.2 Å². The molecule has 0 atom stereocenters. The van der Waals surface area contributed by atoms with Gasteiger partial charge in [-0.3, -0.25) is 4.79 Å². The first kappa shape index (κ1) is 16.8. The van der Waals surface area contributed by atoms with E-state index in [0.717, 1.165) is 24.3 Å². The first-order chi connectivity index (χ1) is 10.9. The topological polar surface area (TPSA) is 55.4 Å². The number of halogens is 4. The van der Waals surface area contributed by atoms with E-state index in [1.165, 1.54) is 6.07 Å². The molecule has 1 N–H and O–H groups in total. The van der Waals surface area contributed by atoms with Crippen molar-refractivity contribution in [3.8, 4) is 0 Å². The molecule has 0 bridgehead atoms. The Kier molecular flexibility index (Phi) is 5.23. The van der Waals surface area contributed by atoms with Gasteiger partial charge in [-0.25, -0.2) is 18.0 Å². The molecule has 0 saturated heterocycles. The first-order valence-corrected chi connectivity index (χ1v) is 6.61. The van der Waals surface area contributed by atoms with Gasteiger partial charge in [0.05, 0.1) is 16.3 Å². The number of carbonyl (C=O) groups is 2. The van der Waals surface area contributed by atoms with Gasteiger partial charge in [0.2, 0.25) is 0 Å². The first-order valence-electron chi connectivity index (χ1n) is 6.24. The molecule has 0 heterocycles. The highest BCUT2D eigenvalue weighted by atomic mass is 35.5. The monoisotopic (exact) mass is 343 g/mol. The molecule has 2 aromatic carbocycles. The second-order valence-electron chi connectivity index (χ2n) is 4.37. The van der Waals surface area contributed by atoms with Crippen molar-refractivity contribution in [1.29, 1.82) is 0 Å². The summed E-state index contributed by atoms with van der Waals surface area (Å²) < 4.78 is 43.6. The third-order valence-electron chi connectivity index (χ3n) is 2.69. The molecule has 0 spiro atoms. The van der Waals surface area contributed by atoms with E-state index >= 15 is 0 Å². The second kappa shape index (κ2) is 7.15. The Balaban J connectivity index is 1.94. The second-order valence-corrected chi connectivity index (χ2v) is 4.78. The summed E-state index contributed by atoms with van der Waals surface area (Å²) >= 11 is 5.72. The third kappa shape index (κ3) is 4.46. The Hall–Kier alpha value is -2.54. The number of amides is 1. The molecule has 8 heteroatoms. The number of anilines is 1. The van der Waals surface area contributed by atoms with Crippen LogP contribution < -0.4 is 5.32 Å². The van der Waals surface area contributed by atoms with Crippen molar-refractivity contribution in [1.82, 2.24) is 0 Å². The molecule has 0 aliphatic heterocycles. The third-order valence-corrected chi connectivity index (χ3v) is 3.00. The van der Waals surface area contributed by atoms with Gasteiger partial charge < -0.3 is 10.1 Å². The highest BCUT2D eigenvalue weighted by molar-refractivity contribution is 6.33. The molecule has 0 radical (unpaired) electrons. The maximum absolute atomic E-state index is 13.4. The van der Waals surface area contributed by atoms with Gasteiger partial charge in [0.15, 0.2) is 6.61 Å². The zero-order valence-electron chi connectivity index (χ0n) is 11.4. The highest BCUT2D eigenvalue weighted by Gasteiger charge is 2.16. The van der Waals surface area contributed by atoms with E-state index < -0.39 is 41.5 Å². The van der Waals surface area contributed by atoms with Gasteiger partial charge in [-0.2, -0.15) is 0 Å². The average Bonchev–Trinajstić information content (AvgIpc) is 2.48. The van der Waals surface area contributed by atoms with Gasteiger partial charge in [-0.15, -0.1) is 0 Å². The van der Waals surface area contributed by atoms with Crippen LogP contribution >= 0.6 is 11.6 Å². The standard InChI is InChI=1S/C15H9ClF3NO3/c16-11-5-8(17)2-4-13(11)20-14(21)7-23-15(22)10-3-1-9(18)6-12(10)19/h1-6H,7H2,(H,20,21). The fraction of sp³-hybridized carbons (Fsp3) is 0.0667. The van der Waals surface area contributed by atoms with E-state index in [1.54, 1.807) is 0 Å². The molecule has 2 rings (SSSR count). The largest absolute Gasteiger partial charge is 0.452 e.